The molecule has 4 rings (SSSR count). The average Bonchev–Trinajstić information content (AvgIpc) is 3.04. The van der Waals surface area contributed by atoms with Crippen LogP contribution in [0.25, 0.3) is 22.4 Å². The minimum Gasteiger partial charge on any atom is -0.370 e. The lowest BCUT2D eigenvalue weighted by Crippen LogP contribution is -2.29. The van der Waals surface area contributed by atoms with Gasteiger partial charge in [0.25, 0.3) is 0 Å². The Kier molecular flexibility index (Phi) is 5.07. The van der Waals surface area contributed by atoms with Crippen molar-refractivity contribution >= 4 is 28.3 Å². The van der Waals surface area contributed by atoms with Crippen LogP contribution in [0.15, 0.2) is 36.4 Å². The van der Waals surface area contributed by atoms with Crippen LogP contribution in [0, 0.1) is 12.8 Å². The molecule has 5 nitrogen and oxygen atoms in total. The Morgan fingerprint density at radius 2 is 1.89 bits per heavy atom. The fourth-order valence-corrected chi connectivity index (χ4v) is 3.72. The first-order valence-electron chi connectivity index (χ1n) is 10.3. The fourth-order valence-electron chi connectivity index (χ4n) is 3.72. The number of nitrogens with one attached hydrogen (secondary N) is 2. The van der Waals surface area contributed by atoms with Crippen molar-refractivity contribution < 1.29 is 4.79 Å². The molecule has 3 aromatic rings. The van der Waals surface area contributed by atoms with Crippen molar-refractivity contribution in [2.75, 3.05) is 23.3 Å². The Hall–Kier alpha value is -2.82. The van der Waals surface area contributed by atoms with Gasteiger partial charge in [0.15, 0.2) is 0 Å². The van der Waals surface area contributed by atoms with Crippen molar-refractivity contribution in [1.82, 2.24) is 9.97 Å². The summed E-state index contributed by atoms with van der Waals surface area (Å²) in [6, 6.07) is 12.5. The van der Waals surface area contributed by atoms with Gasteiger partial charge in [-0.1, -0.05) is 36.2 Å². The van der Waals surface area contributed by atoms with Crippen molar-refractivity contribution in [3.8, 4) is 11.4 Å². The van der Waals surface area contributed by atoms with Gasteiger partial charge in [-0.3, -0.25) is 4.79 Å². The maximum atomic E-state index is 12.6. The number of aryl methyl sites for hydroxylation is 1. The molecule has 1 aliphatic rings. The van der Waals surface area contributed by atoms with Crippen molar-refractivity contribution in [2.45, 2.75) is 40.0 Å². The lowest BCUT2D eigenvalue weighted by molar-refractivity contribution is -0.122. The van der Waals surface area contributed by atoms with Gasteiger partial charge in [0.1, 0.15) is 5.82 Å². The highest BCUT2D eigenvalue weighted by molar-refractivity contribution is 6.00. The molecular formula is C23H28N4O. The van der Waals surface area contributed by atoms with Crippen LogP contribution in [0.3, 0.4) is 0 Å². The van der Waals surface area contributed by atoms with Gasteiger partial charge in [-0.15, -0.1) is 0 Å². The maximum Gasteiger partial charge on any atom is 0.227 e. The maximum absolute atomic E-state index is 12.6. The van der Waals surface area contributed by atoms with Crippen LogP contribution < -0.4 is 10.2 Å². The highest BCUT2D eigenvalue weighted by atomic mass is 16.1. The van der Waals surface area contributed by atoms with E-state index in [9.17, 15) is 4.79 Å². The fraction of sp³-hybridized carbons (Fsp3) is 0.391. The smallest absolute Gasteiger partial charge is 0.227 e. The van der Waals surface area contributed by atoms with Gasteiger partial charge in [0.05, 0.1) is 22.4 Å². The average molecular weight is 377 g/mol. The van der Waals surface area contributed by atoms with Gasteiger partial charge in [0, 0.05) is 24.6 Å². The molecule has 2 aromatic carbocycles. The van der Waals surface area contributed by atoms with E-state index in [2.05, 4.69) is 66.3 Å². The molecule has 28 heavy (non-hydrogen) atoms. The predicted molar refractivity (Wildman–Crippen MR) is 116 cm³/mol. The van der Waals surface area contributed by atoms with E-state index in [0.717, 1.165) is 66.1 Å². The molecule has 0 spiro atoms. The number of amides is 1. The number of fused-ring (bicyclic) bond motifs is 1. The van der Waals surface area contributed by atoms with E-state index < -0.39 is 0 Å². The molecule has 1 aliphatic carbocycles. The Labute approximate surface area is 166 Å². The Morgan fingerprint density at radius 3 is 2.50 bits per heavy atom. The molecule has 0 bridgehead atoms. The molecule has 0 unspecified atom stereocenters. The summed E-state index contributed by atoms with van der Waals surface area (Å²) < 4.78 is 0. The van der Waals surface area contributed by atoms with Gasteiger partial charge in [0.2, 0.25) is 5.91 Å². The first-order valence-corrected chi connectivity index (χ1v) is 10.3. The van der Waals surface area contributed by atoms with E-state index in [1.54, 1.807) is 0 Å². The Bertz CT molecular complexity index is 982. The minimum atomic E-state index is 0.133. The SMILES string of the molecule is CCN(CC)c1cc2[nH]c(-c3ccc(C)cc3)nc2cc1NC(=O)C1CCC1. The molecule has 0 radical (unpaired) electrons. The summed E-state index contributed by atoms with van der Waals surface area (Å²) in [6.45, 7) is 8.11. The second kappa shape index (κ2) is 7.66. The largest absolute Gasteiger partial charge is 0.370 e. The number of hydrogen-bond acceptors (Lipinski definition) is 3. The zero-order valence-electron chi connectivity index (χ0n) is 16.9. The first-order chi connectivity index (χ1) is 13.6. The van der Waals surface area contributed by atoms with E-state index in [0.29, 0.717) is 0 Å². The second-order valence-corrected chi connectivity index (χ2v) is 7.63. The van der Waals surface area contributed by atoms with E-state index in [4.69, 9.17) is 4.98 Å². The normalized spacial score (nSPS) is 14.1. The Morgan fingerprint density at radius 1 is 1.18 bits per heavy atom. The molecule has 0 atom stereocenters. The molecule has 1 amide bonds. The van der Waals surface area contributed by atoms with Crippen LogP contribution in [0.5, 0.6) is 0 Å². The monoisotopic (exact) mass is 376 g/mol. The predicted octanol–water partition coefficient (Wildman–Crippen LogP) is 5.12. The van der Waals surface area contributed by atoms with E-state index >= 15 is 0 Å². The number of H-pyrrole nitrogens is 1. The standard InChI is InChI=1S/C23H28N4O/c1-4-27(5-2)21-14-19-18(13-20(21)26-23(28)17-7-6-8-17)24-22(25-19)16-11-9-15(3)10-12-16/h9-14,17H,4-8H2,1-3H3,(H,24,25)(H,26,28). The van der Waals surface area contributed by atoms with Gasteiger partial charge in [-0.05, 0) is 45.7 Å². The van der Waals surface area contributed by atoms with Crippen LogP contribution >= 0.6 is 0 Å². The van der Waals surface area contributed by atoms with Crippen LogP contribution in [0.2, 0.25) is 0 Å². The molecule has 5 heteroatoms. The van der Waals surface area contributed by atoms with E-state index in [1.165, 1.54) is 5.56 Å². The van der Waals surface area contributed by atoms with Gasteiger partial charge < -0.3 is 15.2 Å². The van der Waals surface area contributed by atoms with Crippen LogP contribution in [0.4, 0.5) is 11.4 Å². The molecule has 0 aliphatic heterocycles. The zero-order valence-corrected chi connectivity index (χ0v) is 16.9. The zero-order chi connectivity index (χ0) is 19.7. The number of rotatable bonds is 6. The number of nitrogens with zero attached hydrogens (tertiary/aromatic N) is 2. The molecule has 1 heterocycles. The number of aromatic nitrogens is 2. The van der Waals surface area contributed by atoms with Gasteiger partial charge in [-0.2, -0.15) is 0 Å². The van der Waals surface area contributed by atoms with Crippen LogP contribution in [0.1, 0.15) is 38.7 Å². The van der Waals surface area contributed by atoms with Crippen molar-refractivity contribution in [3.63, 3.8) is 0 Å². The lowest BCUT2D eigenvalue weighted by Gasteiger charge is -2.27. The molecular weight excluding hydrogens is 348 g/mol. The summed E-state index contributed by atoms with van der Waals surface area (Å²) in [4.78, 5) is 23.1. The first kappa shape index (κ1) is 18.5. The summed E-state index contributed by atoms with van der Waals surface area (Å²) >= 11 is 0. The van der Waals surface area contributed by atoms with Gasteiger partial charge in [-0.25, -0.2) is 4.98 Å². The molecule has 1 aromatic heterocycles. The number of aromatic amines is 1. The van der Waals surface area contributed by atoms with Crippen molar-refractivity contribution in [2.24, 2.45) is 5.92 Å². The molecule has 1 saturated carbocycles. The number of hydrogen-bond donors (Lipinski definition) is 2. The third-order valence-corrected chi connectivity index (χ3v) is 5.76. The summed E-state index contributed by atoms with van der Waals surface area (Å²) in [5.74, 6) is 1.14. The van der Waals surface area contributed by atoms with Gasteiger partial charge >= 0.3 is 0 Å². The summed E-state index contributed by atoms with van der Waals surface area (Å²) in [6.07, 6.45) is 3.14. The van der Waals surface area contributed by atoms with Crippen molar-refractivity contribution in [1.29, 1.82) is 0 Å². The second-order valence-electron chi connectivity index (χ2n) is 7.63. The van der Waals surface area contributed by atoms with Crippen LogP contribution in [-0.2, 0) is 4.79 Å². The minimum absolute atomic E-state index is 0.133. The number of carbonyl (C=O) groups is 1. The third-order valence-electron chi connectivity index (χ3n) is 5.76. The highest BCUT2D eigenvalue weighted by Crippen LogP contribution is 2.34. The van der Waals surface area contributed by atoms with Crippen molar-refractivity contribution in [3.05, 3.63) is 42.0 Å². The highest BCUT2D eigenvalue weighted by Gasteiger charge is 2.26. The topological polar surface area (TPSA) is 61.0 Å². The lowest BCUT2D eigenvalue weighted by atomic mass is 9.85. The van der Waals surface area contributed by atoms with E-state index in [1.807, 2.05) is 6.07 Å². The van der Waals surface area contributed by atoms with Crippen LogP contribution in [-0.4, -0.2) is 29.0 Å². The summed E-state index contributed by atoms with van der Waals surface area (Å²) in [5, 5.41) is 3.18. The number of anilines is 2. The number of carbonyl (C=O) groups excluding carboxylic acids is 1. The van der Waals surface area contributed by atoms with E-state index in [-0.39, 0.29) is 11.8 Å². The Balaban J connectivity index is 1.75. The number of imidazole rings is 1. The molecule has 146 valence electrons. The third kappa shape index (κ3) is 3.49. The summed E-state index contributed by atoms with van der Waals surface area (Å²) in [5.41, 5.74) is 6.05. The molecule has 2 N–H and O–H groups in total. The summed E-state index contributed by atoms with van der Waals surface area (Å²) in [7, 11) is 0. The molecule has 1 fully saturated rings. The number of benzene rings is 2. The quantitative estimate of drug-likeness (QED) is 0.627. The molecule has 0 saturated heterocycles.